The molecule has 5 heteroatoms. The van der Waals surface area contributed by atoms with Gasteiger partial charge in [-0.15, -0.1) is 0 Å². The van der Waals surface area contributed by atoms with E-state index in [1.807, 2.05) is 37.1 Å². The number of rotatable bonds is 4. The van der Waals surface area contributed by atoms with E-state index in [2.05, 4.69) is 21.2 Å². The summed E-state index contributed by atoms with van der Waals surface area (Å²) in [5.74, 6) is 0.0620. The van der Waals surface area contributed by atoms with Crippen molar-refractivity contribution in [3.05, 3.63) is 28.2 Å². The fourth-order valence-corrected chi connectivity index (χ4v) is 2.76. The van der Waals surface area contributed by atoms with Crippen LogP contribution in [0.3, 0.4) is 0 Å². The number of morpholine rings is 1. The number of nitrogens with one attached hydrogen (secondary N) is 1. The van der Waals surface area contributed by atoms with Gasteiger partial charge in [-0.1, -0.05) is 15.9 Å². The van der Waals surface area contributed by atoms with E-state index in [0.717, 1.165) is 22.3 Å². The van der Waals surface area contributed by atoms with Gasteiger partial charge in [-0.3, -0.25) is 4.79 Å². The molecule has 0 aromatic heterocycles. The summed E-state index contributed by atoms with van der Waals surface area (Å²) in [7, 11) is 1.88. The van der Waals surface area contributed by atoms with E-state index >= 15 is 0 Å². The lowest BCUT2D eigenvalue weighted by Crippen LogP contribution is -2.48. The maximum absolute atomic E-state index is 12.4. The van der Waals surface area contributed by atoms with E-state index in [4.69, 9.17) is 4.74 Å². The molecule has 0 aliphatic carbocycles. The van der Waals surface area contributed by atoms with Crippen molar-refractivity contribution < 1.29 is 9.53 Å². The summed E-state index contributed by atoms with van der Waals surface area (Å²) < 4.78 is 6.60. The van der Waals surface area contributed by atoms with Gasteiger partial charge in [0.2, 0.25) is 0 Å². The van der Waals surface area contributed by atoms with Crippen LogP contribution in [0.2, 0.25) is 0 Å². The average molecular weight is 327 g/mol. The van der Waals surface area contributed by atoms with Gasteiger partial charge >= 0.3 is 0 Å². The first-order valence-electron chi connectivity index (χ1n) is 6.47. The fourth-order valence-electron chi connectivity index (χ4n) is 2.28. The van der Waals surface area contributed by atoms with Gasteiger partial charge in [0, 0.05) is 16.7 Å². The van der Waals surface area contributed by atoms with Gasteiger partial charge in [-0.2, -0.15) is 0 Å². The Morgan fingerprint density at radius 1 is 1.53 bits per heavy atom. The number of hydrogen-bond acceptors (Lipinski definition) is 3. The van der Waals surface area contributed by atoms with Crippen LogP contribution >= 0.6 is 15.9 Å². The van der Waals surface area contributed by atoms with Crippen LogP contribution in [0.5, 0.6) is 0 Å². The summed E-state index contributed by atoms with van der Waals surface area (Å²) in [4.78, 5) is 14.3. The van der Waals surface area contributed by atoms with Crippen molar-refractivity contribution in [3.63, 3.8) is 0 Å². The third kappa shape index (κ3) is 3.35. The molecule has 1 amide bonds. The Kier molecular flexibility index (Phi) is 4.96. The zero-order valence-electron chi connectivity index (χ0n) is 11.3. The highest BCUT2D eigenvalue weighted by atomic mass is 79.9. The predicted octanol–water partition coefficient (Wildman–Crippen LogP) is 2.10. The summed E-state index contributed by atoms with van der Waals surface area (Å²) >= 11 is 3.45. The number of benzene rings is 1. The smallest absolute Gasteiger partial charge is 0.256 e. The van der Waals surface area contributed by atoms with E-state index < -0.39 is 0 Å². The molecule has 1 aliphatic heterocycles. The molecule has 19 heavy (non-hydrogen) atoms. The van der Waals surface area contributed by atoms with Gasteiger partial charge in [0.1, 0.15) is 6.10 Å². The Hall–Kier alpha value is -0.910. The molecular formula is C14H19BrN2O2. The molecule has 1 aromatic rings. The van der Waals surface area contributed by atoms with Crippen LogP contribution in [0.15, 0.2) is 22.7 Å². The highest BCUT2D eigenvalue weighted by molar-refractivity contribution is 9.10. The second-order valence-corrected chi connectivity index (χ2v) is 5.59. The molecule has 1 atom stereocenters. The number of hydrogen-bond donors (Lipinski definition) is 1. The topological polar surface area (TPSA) is 41.6 Å². The second-order valence-electron chi connectivity index (χ2n) is 4.67. The van der Waals surface area contributed by atoms with Gasteiger partial charge in [-0.05, 0) is 50.7 Å². The van der Waals surface area contributed by atoms with Crippen LogP contribution in [0, 0.1) is 6.92 Å². The van der Waals surface area contributed by atoms with Gasteiger partial charge in [-0.25, -0.2) is 0 Å². The maximum Gasteiger partial charge on any atom is 0.256 e. The molecular weight excluding hydrogens is 308 g/mol. The Labute approximate surface area is 122 Å². The maximum atomic E-state index is 12.4. The summed E-state index contributed by atoms with van der Waals surface area (Å²) in [6.45, 7) is 4.02. The van der Waals surface area contributed by atoms with E-state index in [1.165, 1.54) is 0 Å². The van der Waals surface area contributed by atoms with Crippen molar-refractivity contribution in [3.8, 4) is 0 Å². The molecule has 0 bridgehead atoms. The number of carbonyl (C=O) groups is 1. The third-order valence-electron chi connectivity index (χ3n) is 3.28. The minimum Gasteiger partial charge on any atom is -0.366 e. The highest BCUT2D eigenvalue weighted by Crippen LogP contribution is 2.26. The third-order valence-corrected chi connectivity index (χ3v) is 3.77. The van der Waals surface area contributed by atoms with Crippen LogP contribution in [0.4, 0.5) is 5.69 Å². The molecule has 0 spiro atoms. The van der Waals surface area contributed by atoms with E-state index in [0.29, 0.717) is 19.6 Å². The summed E-state index contributed by atoms with van der Waals surface area (Å²) in [5, 5.41) is 3.05. The van der Waals surface area contributed by atoms with Crippen molar-refractivity contribution in [2.45, 2.75) is 19.4 Å². The Morgan fingerprint density at radius 3 is 3.00 bits per heavy atom. The van der Waals surface area contributed by atoms with Crippen molar-refractivity contribution in [1.29, 1.82) is 0 Å². The Morgan fingerprint density at radius 2 is 2.32 bits per heavy atom. The molecule has 1 heterocycles. The number of halogens is 1. The minimum atomic E-state index is -0.329. The monoisotopic (exact) mass is 326 g/mol. The molecule has 1 fully saturated rings. The van der Waals surface area contributed by atoms with Crippen LogP contribution in [0.25, 0.3) is 0 Å². The van der Waals surface area contributed by atoms with Gasteiger partial charge in [0.05, 0.1) is 6.61 Å². The fraction of sp³-hybridized carbons (Fsp3) is 0.500. The Bertz CT molecular complexity index is 465. The molecule has 0 saturated carbocycles. The van der Waals surface area contributed by atoms with Gasteiger partial charge in [0.15, 0.2) is 0 Å². The first-order chi connectivity index (χ1) is 9.13. The van der Waals surface area contributed by atoms with Crippen molar-refractivity contribution >= 4 is 27.5 Å². The number of ether oxygens (including phenoxy) is 1. The minimum absolute atomic E-state index is 0.0620. The first-order valence-corrected chi connectivity index (χ1v) is 7.26. The summed E-state index contributed by atoms with van der Waals surface area (Å²) in [5.41, 5.74) is 2.07. The molecule has 1 aliphatic rings. The number of anilines is 1. The number of aryl methyl sites for hydroxylation is 1. The van der Waals surface area contributed by atoms with Crippen LogP contribution in [0.1, 0.15) is 12.0 Å². The molecule has 1 aromatic carbocycles. The first kappa shape index (κ1) is 14.5. The van der Waals surface area contributed by atoms with E-state index in [9.17, 15) is 4.79 Å². The van der Waals surface area contributed by atoms with Crippen molar-refractivity contribution in [2.24, 2.45) is 0 Å². The van der Waals surface area contributed by atoms with E-state index in [1.54, 1.807) is 0 Å². The lowest BCUT2D eigenvalue weighted by atomic mass is 10.1. The zero-order chi connectivity index (χ0) is 13.8. The van der Waals surface area contributed by atoms with E-state index in [-0.39, 0.29) is 12.0 Å². The van der Waals surface area contributed by atoms with Crippen LogP contribution in [-0.2, 0) is 9.53 Å². The number of carbonyl (C=O) groups excluding carboxylic acids is 1. The van der Waals surface area contributed by atoms with Crippen LogP contribution < -0.4 is 10.2 Å². The lowest BCUT2D eigenvalue weighted by molar-refractivity contribution is -0.134. The molecule has 1 saturated heterocycles. The largest absolute Gasteiger partial charge is 0.366 e. The van der Waals surface area contributed by atoms with Gasteiger partial charge in [0.25, 0.3) is 5.91 Å². The predicted molar refractivity (Wildman–Crippen MR) is 79.5 cm³/mol. The number of nitrogens with zero attached hydrogens (tertiary/aromatic N) is 1. The summed E-state index contributed by atoms with van der Waals surface area (Å²) in [6.07, 6.45) is 0.380. The molecule has 0 radical (unpaired) electrons. The Balaban J connectivity index is 2.17. The van der Waals surface area contributed by atoms with Crippen molar-refractivity contribution in [2.75, 3.05) is 31.6 Å². The number of amides is 1. The van der Waals surface area contributed by atoms with Crippen LogP contribution in [-0.4, -0.2) is 38.8 Å². The van der Waals surface area contributed by atoms with Gasteiger partial charge < -0.3 is 15.0 Å². The standard InChI is InChI=1S/C14H19BrN2O2/c1-10-9-11(15)3-4-12(10)17-7-8-19-13(14(17)18)5-6-16-2/h3-4,9,13,16H,5-8H2,1-2H3. The average Bonchev–Trinajstić information content (AvgIpc) is 2.38. The lowest BCUT2D eigenvalue weighted by Gasteiger charge is -2.33. The SMILES string of the molecule is CNCCC1OCCN(c2ccc(Br)cc2C)C1=O. The molecule has 1 N–H and O–H groups in total. The van der Waals surface area contributed by atoms with Crippen molar-refractivity contribution in [1.82, 2.24) is 5.32 Å². The molecule has 104 valence electrons. The molecule has 4 nitrogen and oxygen atoms in total. The zero-order valence-corrected chi connectivity index (χ0v) is 12.9. The highest BCUT2D eigenvalue weighted by Gasteiger charge is 2.30. The second kappa shape index (κ2) is 6.50. The molecule has 1 unspecified atom stereocenters. The summed E-state index contributed by atoms with van der Waals surface area (Å²) in [6, 6.07) is 5.98. The molecule has 2 rings (SSSR count). The quantitative estimate of drug-likeness (QED) is 0.921. The normalized spacial score (nSPS) is 19.8.